The number of rotatable bonds is 6. The lowest BCUT2D eigenvalue weighted by molar-refractivity contribution is 0.491. The van der Waals surface area contributed by atoms with Crippen molar-refractivity contribution in [3.05, 3.63) is 35.4 Å². The number of thioether (sulfide) groups is 1. The number of benzene rings is 1. The van der Waals surface area contributed by atoms with Crippen LogP contribution in [-0.2, 0) is 6.42 Å². The van der Waals surface area contributed by atoms with Gasteiger partial charge < -0.3 is 5.32 Å². The van der Waals surface area contributed by atoms with Crippen molar-refractivity contribution in [1.82, 2.24) is 5.32 Å². The van der Waals surface area contributed by atoms with E-state index in [1.165, 1.54) is 42.6 Å². The van der Waals surface area contributed by atoms with E-state index in [4.69, 9.17) is 0 Å². The molecule has 1 fully saturated rings. The van der Waals surface area contributed by atoms with Crippen LogP contribution in [0.1, 0.15) is 57.2 Å². The van der Waals surface area contributed by atoms with Crippen molar-refractivity contribution < 1.29 is 0 Å². The fourth-order valence-electron chi connectivity index (χ4n) is 3.10. The Balaban J connectivity index is 2.15. The Bertz CT molecular complexity index is 396. The van der Waals surface area contributed by atoms with E-state index in [2.05, 4.69) is 62.1 Å². The third kappa shape index (κ3) is 4.53. The van der Waals surface area contributed by atoms with Gasteiger partial charge in [0, 0.05) is 11.3 Å². The lowest BCUT2D eigenvalue weighted by Gasteiger charge is -2.31. The lowest BCUT2D eigenvalue weighted by Crippen LogP contribution is -2.31. The van der Waals surface area contributed by atoms with E-state index in [1.54, 1.807) is 0 Å². The van der Waals surface area contributed by atoms with Gasteiger partial charge >= 0.3 is 0 Å². The molecule has 0 amide bonds. The molecule has 0 aliphatic carbocycles. The summed E-state index contributed by atoms with van der Waals surface area (Å²) in [5.74, 6) is 2.06. The van der Waals surface area contributed by atoms with Crippen LogP contribution in [0, 0.1) is 5.92 Å². The normalized spacial score (nSPS) is 21.1. The number of nitrogens with one attached hydrogen (secondary N) is 1. The first-order chi connectivity index (χ1) is 9.70. The highest BCUT2D eigenvalue weighted by molar-refractivity contribution is 8.00. The molecule has 1 N–H and O–H groups in total. The maximum atomic E-state index is 3.73. The van der Waals surface area contributed by atoms with Crippen LogP contribution in [0.3, 0.4) is 0 Å². The van der Waals surface area contributed by atoms with Gasteiger partial charge in [0.15, 0.2) is 0 Å². The van der Waals surface area contributed by atoms with Gasteiger partial charge in [-0.2, -0.15) is 11.8 Å². The number of hydrogen-bond acceptors (Lipinski definition) is 2. The number of hydrogen-bond donors (Lipinski definition) is 1. The summed E-state index contributed by atoms with van der Waals surface area (Å²) in [5.41, 5.74) is 2.98. The second kappa shape index (κ2) is 8.09. The quantitative estimate of drug-likeness (QED) is 0.806. The van der Waals surface area contributed by atoms with Gasteiger partial charge in [0.05, 0.1) is 0 Å². The average molecular weight is 292 g/mol. The highest BCUT2D eigenvalue weighted by Crippen LogP contribution is 2.35. The molecular weight excluding hydrogens is 262 g/mol. The topological polar surface area (TPSA) is 12.0 Å². The maximum Gasteiger partial charge on any atom is 0.0440 e. The molecule has 1 aliphatic heterocycles. The van der Waals surface area contributed by atoms with Crippen LogP contribution >= 0.6 is 11.8 Å². The second-order valence-corrected chi connectivity index (χ2v) is 7.63. The minimum absolute atomic E-state index is 0.525. The third-order valence-electron chi connectivity index (χ3n) is 3.96. The van der Waals surface area contributed by atoms with E-state index in [1.807, 2.05) is 0 Å². The van der Waals surface area contributed by atoms with Crippen LogP contribution in [-0.4, -0.2) is 17.5 Å². The van der Waals surface area contributed by atoms with Crippen LogP contribution < -0.4 is 5.32 Å². The Labute approximate surface area is 128 Å². The summed E-state index contributed by atoms with van der Waals surface area (Å²) >= 11 is 2.16. The van der Waals surface area contributed by atoms with Gasteiger partial charge in [-0.3, -0.25) is 0 Å². The van der Waals surface area contributed by atoms with Crippen LogP contribution in [0.2, 0.25) is 0 Å². The second-order valence-electron chi connectivity index (χ2n) is 6.28. The van der Waals surface area contributed by atoms with Gasteiger partial charge in [-0.25, -0.2) is 0 Å². The molecule has 1 nitrogen and oxygen atoms in total. The van der Waals surface area contributed by atoms with Crippen LogP contribution in [0.5, 0.6) is 0 Å². The van der Waals surface area contributed by atoms with Gasteiger partial charge in [0.1, 0.15) is 0 Å². The van der Waals surface area contributed by atoms with Gasteiger partial charge in [-0.1, -0.05) is 51.5 Å². The Morgan fingerprint density at radius 1 is 1.30 bits per heavy atom. The molecule has 0 spiro atoms. The molecular formula is C18H29NS. The van der Waals surface area contributed by atoms with Crippen molar-refractivity contribution in [3.63, 3.8) is 0 Å². The molecule has 20 heavy (non-hydrogen) atoms. The minimum atomic E-state index is 0.525. The lowest BCUT2D eigenvalue weighted by atomic mass is 9.95. The average Bonchev–Trinajstić information content (AvgIpc) is 2.45. The predicted molar refractivity (Wildman–Crippen MR) is 91.5 cm³/mol. The molecule has 112 valence electrons. The summed E-state index contributed by atoms with van der Waals surface area (Å²) in [6, 6.07) is 9.79. The molecule has 2 atom stereocenters. The largest absolute Gasteiger partial charge is 0.309 e. The van der Waals surface area contributed by atoms with E-state index >= 15 is 0 Å². The van der Waals surface area contributed by atoms with E-state index in [-0.39, 0.29) is 0 Å². The van der Waals surface area contributed by atoms with Gasteiger partial charge in [-0.15, -0.1) is 0 Å². The Hall–Kier alpha value is -0.470. The highest BCUT2D eigenvalue weighted by atomic mass is 32.2. The van der Waals surface area contributed by atoms with Crippen molar-refractivity contribution in [2.75, 3.05) is 12.3 Å². The molecule has 2 unspecified atom stereocenters. The molecule has 0 radical (unpaired) electrons. The summed E-state index contributed by atoms with van der Waals surface area (Å²) < 4.78 is 0. The van der Waals surface area contributed by atoms with E-state index in [0.717, 1.165) is 17.7 Å². The molecule has 2 rings (SSSR count). The Kier molecular flexibility index (Phi) is 6.44. The third-order valence-corrected chi connectivity index (χ3v) is 5.43. The van der Waals surface area contributed by atoms with E-state index in [9.17, 15) is 0 Å². The highest BCUT2D eigenvalue weighted by Gasteiger charge is 2.25. The van der Waals surface area contributed by atoms with E-state index < -0.39 is 0 Å². The summed E-state index contributed by atoms with van der Waals surface area (Å²) in [4.78, 5) is 0. The Morgan fingerprint density at radius 3 is 2.80 bits per heavy atom. The molecule has 0 bridgehead atoms. The van der Waals surface area contributed by atoms with Crippen molar-refractivity contribution in [2.45, 2.75) is 57.7 Å². The van der Waals surface area contributed by atoms with Gasteiger partial charge in [0.25, 0.3) is 0 Å². The molecule has 1 aromatic carbocycles. The van der Waals surface area contributed by atoms with Crippen LogP contribution in [0.25, 0.3) is 0 Å². The van der Waals surface area contributed by atoms with Crippen molar-refractivity contribution >= 4 is 11.8 Å². The zero-order valence-electron chi connectivity index (χ0n) is 13.2. The molecule has 1 aliphatic rings. The summed E-state index contributed by atoms with van der Waals surface area (Å²) in [7, 11) is 0. The Morgan fingerprint density at radius 2 is 2.15 bits per heavy atom. The predicted octanol–water partition coefficient (Wildman–Crippen LogP) is 4.82. The first-order valence-electron chi connectivity index (χ1n) is 8.14. The molecule has 2 heteroatoms. The van der Waals surface area contributed by atoms with Crippen molar-refractivity contribution in [1.29, 1.82) is 0 Å². The molecule has 1 heterocycles. The van der Waals surface area contributed by atoms with Gasteiger partial charge in [-0.05, 0) is 48.6 Å². The standard InChI is InChI=1S/C18H29NS/c1-4-19-18(17-10-5-6-11-20-17)16-9-7-8-15(13-16)12-14(2)3/h7-9,13-14,17-19H,4-6,10-12H2,1-3H3. The van der Waals surface area contributed by atoms with E-state index in [0.29, 0.717) is 6.04 Å². The summed E-state index contributed by atoms with van der Waals surface area (Å²) in [5, 5.41) is 4.48. The van der Waals surface area contributed by atoms with Crippen molar-refractivity contribution in [2.24, 2.45) is 5.92 Å². The van der Waals surface area contributed by atoms with Gasteiger partial charge in [0.2, 0.25) is 0 Å². The zero-order chi connectivity index (χ0) is 14.4. The monoisotopic (exact) mass is 291 g/mol. The van der Waals surface area contributed by atoms with Crippen LogP contribution in [0.4, 0.5) is 0 Å². The fourth-order valence-corrected chi connectivity index (χ4v) is 4.55. The summed E-state index contributed by atoms with van der Waals surface area (Å²) in [6.45, 7) is 7.87. The molecule has 1 saturated heterocycles. The van der Waals surface area contributed by atoms with Crippen LogP contribution in [0.15, 0.2) is 24.3 Å². The molecule has 0 saturated carbocycles. The first-order valence-corrected chi connectivity index (χ1v) is 9.19. The minimum Gasteiger partial charge on any atom is -0.309 e. The summed E-state index contributed by atoms with van der Waals surface area (Å²) in [6.07, 6.45) is 5.33. The maximum absolute atomic E-state index is 3.73. The molecule has 1 aromatic rings. The fraction of sp³-hybridized carbons (Fsp3) is 0.667. The SMILES string of the molecule is CCNC(c1cccc(CC(C)C)c1)C1CCCCS1. The zero-order valence-corrected chi connectivity index (χ0v) is 14.0. The molecule has 0 aromatic heterocycles. The smallest absolute Gasteiger partial charge is 0.0440 e. The first kappa shape index (κ1) is 15.9. The van der Waals surface area contributed by atoms with Crippen molar-refractivity contribution in [3.8, 4) is 0 Å².